The van der Waals surface area contributed by atoms with Crippen LogP contribution in [0.25, 0.3) is 0 Å². The van der Waals surface area contributed by atoms with Gasteiger partial charge in [-0.15, -0.1) is 0 Å². The largest absolute Gasteiger partial charge is 0.508 e. The molecule has 1 aliphatic carbocycles. The third-order valence-electron chi connectivity index (χ3n) is 4.03. The molecule has 0 heterocycles. The van der Waals surface area contributed by atoms with Crippen molar-refractivity contribution in [1.82, 2.24) is 4.90 Å². The number of benzene rings is 1. The van der Waals surface area contributed by atoms with E-state index in [1.54, 1.807) is 18.2 Å². The Labute approximate surface area is 121 Å². The molecule has 20 heavy (non-hydrogen) atoms. The summed E-state index contributed by atoms with van der Waals surface area (Å²) in [5.41, 5.74) is 1.57. The van der Waals surface area contributed by atoms with Crippen molar-refractivity contribution in [3.05, 3.63) is 29.3 Å². The standard InChI is InChI=1S/C17H25NO2/c1-12(2)11-18(14-6-4-5-7-14)17(20)16-9-8-15(19)10-13(16)3/h8-10,12,14,19H,4-7,11H2,1-3H3. The van der Waals surface area contributed by atoms with Crippen LogP contribution in [0.1, 0.15) is 55.5 Å². The van der Waals surface area contributed by atoms with Gasteiger partial charge in [-0.3, -0.25) is 4.79 Å². The Hall–Kier alpha value is -1.51. The van der Waals surface area contributed by atoms with Crippen LogP contribution in [0.3, 0.4) is 0 Å². The second-order valence-corrected chi connectivity index (χ2v) is 6.29. The van der Waals surface area contributed by atoms with Crippen molar-refractivity contribution >= 4 is 5.91 Å². The highest BCUT2D eigenvalue weighted by atomic mass is 16.3. The van der Waals surface area contributed by atoms with E-state index in [4.69, 9.17) is 0 Å². The minimum absolute atomic E-state index is 0.114. The summed E-state index contributed by atoms with van der Waals surface area (Å²) in [5.74, 6) is 0.801. The zero-order chi connectivity index (χ0) is 14.7. The molecule has 0 aromatic heterocycles. The number of hydrogen-bond donors (Lipinski definition) is 1. The van der Waals surface area contributed by atoms with Gasteiger partial charge in [-0.2, -0.15) is 0 Å². The van der Waals surface area contributed by atoms with Gasteiger partial charge in [-0.05, 0) is 49.4 Å². The highest BCUT2D eigenvalue weighted by Gasteiger charge is 2.28. The Bertz CT molecular complexity index is 476. The van der Waals surface area contributed by atoms with Gasteiger partial charge in [0.1, 0.15) is 5.75 Å². The molecule has 1 aromatic carbocycles. The quantitative estimate of drug-likeness (QED) is 0.909. The minimum atomic E-state index is 0.114. The van der Waals surface area contributed by atoms with Crippen molar-refractivity contribution in [1.29, 1.82) is 0 Å². The van der Waals surface area contributed by atoms with E-state index in [0.717, 1.165) is 30.5 Å². The summed E-state index contributed by atoms with van der Waals surface area (Å²) >= 11 is 0. The summed E-state index contributed by atoms with van der Waals surface area (Å²) in [6.07, 6.45) is 4.69. The fraction of sp³-hybridized carbons (Fsp3) is 0.588. The number of carbonyl (C=O) groups excluding carboxylic acids is 1. The first-order valence-corrected chi connectivity index (χ1v) is 7.59. The summed E-state index contributed by atoms with van der Waals surface area (Å²) in [4.78, 5) is 14.9. The van der Waals surface area contributed by atoms with Crippen LogP contribution in [0.4, 0.5) is 0 Å². The number of carbonyl (C=O) groups is 1. The topological polar surface area (TPSA) is 40.5 Å². The van der Waals surface area contributed by atoms with Crippen LogP contribution in [-0.4, -0.2) is 28.5 Å². The molecule has 1 saturated carbocycles. The molecule has 2 rings (SSSR count). The Morgan fingerprint density at radius 2 is 2.00 bits per heavy atom. The maximum Gasteiger partial charge on any atom is 0.254 e. The van der Waals surface area contributed by atoms with Gasteiger partial charge in [0, 0.05) is 18.2 Å². The zero-order valence-corrected chi connectivity index (χ0v) is 12.7. The van der Waals surface area contributed by atoms with Gasteiger partial charge < -0.3 is 10.0 Å². The fourth-order valence-electron chi connectivity index (χ4n) is 3.05. The number of aromatic hydroxyl groups is 1. The van der Waals surface area contributed by atoms with Gasteiger partial charge in [0.05, 0.1) is 0 Å². The van der Waals surface area contributed by atoms with Crippen LogP contribution in [0.15, 0.2) is 18.2 Å². The van der Waals surface area contributed by atoms with Gasteiger partial charge in [0.15, 0.2) is 0 Å². The Kier molecular flexibility index (Phi) is 4.69. The molecule has 1 fully saturated rings. The summed E-state index contributed by atoms with van der Waals surface area (Å²) in [6, 6.07) is 5.39. The second kappa shape index (κ2) is 6.29. The van der Waals surface area contributed by atoms with Gasteiger partial charge in [-0.1, -0.05) is 26.7 Å². The summed E-state index contributed by atoms with van der Waals surface area (Å²) in [5, 5.41) is 9.49. The molecule has 3 heteroatoms. The van der Waals surface area contributed by atoms with Crippen LogP contribution >= 0.6 is 0 Å². The molecule has 0 atom stereocenters. The maximum absolute atomic E-state index is 12.8. The molecule has 1 amide bonds. The molecule has 1 aromatic rings. The lowest BCUT2D eigenvalue weighted by Crippen LogP contribution is -2.41. The first-order chi connectivity index (χ1) is 9.49. The monoisotopic (exact) mass is 275 g/mol. The molecule has 0 bridgehead atoms. The number of hydrogen-bond acceptors (Lipinski definition) is 2. The highest BCUT2D eigenvalue weighted by molar-refractivity contribution is 5.96. The van der Waals surface area contributed by atoms with E-state index in [-0.39, 0.29) is 11.7 Å². The molecule has 0 radical (unpaired) electrons. The van der Waals surface area contributed by atoms with Crippen molar-refractivity contribution in [2.75, 3.05) is 6.54 Å². The van der Waals surface area contributed by atoms with Crippen molar-refractivity contribution in [3.63, 3.8) is 0 Å². The Morgan fingerprint density at radius 1 is 1.35 bits per heavy atom. The Balaban J connectivity index is 2.24. The molecule has 3 nitrogen and oxygen atoms in total. The van der Waals surface area contributed by atoms with Crippen molar-refractivity contribution in [3.8, 4) is 5.75 Å². The summed E-state index contributed by atoms with van der Waals surface area (Å²) in [7, 11) is 0. The number of nitrogens with zero attached hydrogens (tertiary/aromatic N) is 1. The maximum atomic E-state index is 12.8. The van der Waals surface area contributed by atoms with Crippen LogP contribution in [0, 0.1) is 12.8 Å². The molecular formula is C17H25NO2. The normalized spacial score (nSPS) is 15.8. The average Bonchev–Trinajstić information content (AvgIpc) is 2.88. The van der Waals surface area contributed by atoms with Crippen molar-refractivity contribution in [2.45, 2.75) is 52.5 Å². The second-order valence-electron chi connectivity index (χ2n) is 6.29. The van der Waals surface area contributed by atoms with Crippen LogP contribution in [0.5, 0.6) is 5.75 Å². The van der Waals surface area contributed by atoms with Crippen molar-refractivity contribution < 1.29 is 9.90 Å². The van der Waals surface area contributed by atoms with Crippen LogP contribution < -0.4 is 0 Å². The summed E-state index contributed by atoms with van der Waals surface area (Å²) in [6.45, 7) is 7.00. The van der Waals surface area contributed by atoms with E-state index in [2.05, 4.69) is 18.7 Å². The lowest BCUT2D eigenvalue weighted by molar-refractivity contribution is 0.0655. The van der Waals surface area contributed by atoms with Gasteiger partial charge >= 0.3 is 0 Å². The highest BCUT2D eigenvalue weighted by Crippen LogP contribution is 2.27. The average molecular weight is 275 g/mol. The van der Waals surface area contributed by atoms with Gasteiger partial charge in [-0.25, -0.2) is 0 Å². The Morgan fingerprint density at radius 3 is 2.55 bits per heavy atom. The van der Waals surface area contributed by atoms with Gasteiger partial charge in [0.2, 0.25) is 0 Å². The van der Waals surface area contributed by atoms with Crippen molar-refractivity contribution in [2.24, 2.45) is 5.92 Å². The van der Waals surface area contributed by atoms with Crippen LogP contribution in [-0.2, 0) is 0 Å². The molecule has 1 aliphatic rings. The molecule has 0 aliphatic heterocycles. The fourth-order valence-corrected chi connectivity index (χ4v) is 3.05. The third-order valence-corrected chi connectivity index (χ3v) is 4.03. The zero-order valence-electron chi connectivity index (χ0n) is 12.7. The number of aryl methyl sites for hydroxylation is 1. The first-order valence-electron chi connectivity index (χ1n) is 7.59. The molecule has 0 saturated heterocycles. The first kappa shape index (κ1) is 14.9. The third kappa shape index (κ3) is 3.33. The minimum Gasteiger partial charge on any atom is -0.508 e. The lowest BCUT2D eigenvalue weighted by atomic mass is 10.0. The number of rotatable bonds is 4. The smallest absolute Gasteiger partial charge is 0.254 e. The van der Waals surface area contributed by atoms with E-state index in [1.807, 2.05) is 6.92 Å². The van der Waals surface area contributed by atoms with E-state index >= 15 is 0 Å². The van der Waals surface area contributed by atoms with E-state index < -0.39 is 0 Å². The van der Waals surface area contributed by atoms with E-state index in [1.165, 1.54) is 12.8 Å². The number of phenolic OH excluding ortho intramolecular Hbond substituents is 1. The van der Waals surface area contributed by atoms with E-state index in [0.29, 0.717) is 12.0 Å². The summed E-state index contributed by atoms with van der Waals surface area (Å²) < 4.78 is 0. The molecule has 0 unspecified atom stereocenters. The molecular weight excluding hydrogens is 250 g/mol. The molecule has 1 N–H and O–H groups in total. The van der Waals surface area contributed by atoms with E-state index in [9.17, 15) is 9.90 Å². The SMILES string of the molecule is Cc1cc(O)ccc1C(=O)N(CC(C)C)C1CCCC1. The molecule has 110 valence electrons. The van der Waals surface area contributed by atoms with Crippen LogP contribution in [0.2, 0.25) is 0 Å². The predicted molar refractivity (Wildman–Crippen MR) is 81.0 cm³/mol. The number of amides is 1. The number of phenols is 1. The van der Waals surface area contributed by atoms with Gasteiger partial charge in [0.25, 0.3) is 5.91 Å². The predicted octanol–water partition coefficient (Wildman–Crippen LogP) is 3.74. The lowest BCUT2D eigenvalue weighted by Gasteiger charge is -2.31. The molecule has 0 spiro atoms.